The summed E-state index contributed by atoms with van der Waals surface area (Å²) in [5.41, 5.74) is 0.847. The van der Waals surface area contributed by atoms with Gasteiger partial charge in [0.1, 0.15) is 0 Å². The van der Waals surface area contributed by atoms with Gasteiger partial charge in [-0.1, -0.05) is 32.0 Å². The van der Waals surface area contributed by atoms with Gasteiger partial charge in [-0.2, -0.15) is 0 Å². The molecule has 0 radical (unpaired) electrons. The van der Waals surface area contributed by atoms with Crippen LogP contribution in [0.1, 0.15) is 31.9 Å². The summed E-state index contributed by atoms with van der Waals surface area (Å²) in [4.78, 5) is 0.222. The average molecular weight is 440 g/mol. The first-order valence-corrected chi connectivity index (χ1v) is 10.8. The molecule has 7 heteroatoms. The third-order valence-corrected chi connectivity index (χ3v) is 6.66. The molecule has 0 unspecified atom stereocenters. The molecule has 1 aliphatic heterocycles. The van der Waals surface area contributed by atoms with Crippen molar-refractivity contribution in [3.8, 4) is 11.5 Å². The Morgan fingerprint density at radius 2 is 1.73 bits per heavy atom. The van der Waals surface area contributed by atoms with Crippen molar-refractivity contribution in [1.82, 2.24) is 4.72 Å². The van der Waals surface area contributed by atoms with Gasteiger partial charge in [0.15, 0.2) is 11.5 Å². The monoisotopic (exact) mass is 439 g/mol. The minimum Gasteiger partial charge on any atom is -0.490 e. The van der Waals surface area contributed by atoms with Gasteiger partial charge in [0.25, 0.3) is 0 Å². The quantitative estimate of drug-likeness (QED) is 0.754. The van der Waals surface area contributed by atoms with Gasteiger partial charge < -0.3 is 9.47 Å². The van der Waals surface area contributed by atoms with Crippen molar-refractivity contribution in [1.29, 1.82) is 0 Å². The standard InChI is InChI=1S/C19H22BrNO4S/c1-13(2)19(21-26(22,23)18-7-4-3-6-15(18)20)14-8-9-16-17(12-14)25-11-5-10-24-16/h3-4,6-9,12-13,19,21H,5,10-11H2,1-2H3/t19-/m0/s1. The first-order valence-electron chi connectivity index (χ1n) is 8.55. The van der Waals surface area contributed by atoms with Crippen LogP contribution in [0.15, 0.2) is 51.8 Å². The van der Waals surface area contributed by atoms with Crippen LogP contribution in [0.2, 0.25) is 0 Å². The summed E-state index contributed by atoms with van der Waals surface area (Å²) < 4.78 is 40.5. The Balaban J connectivity index is 1.93. The van der Waals surface area contributed by atoms with Crippen LogP contribution in [0.3, 0.4) is 0 Å². The molecule has 2 aromatic carbocycles. The van der Waals surface area contributed by atoms with Crippen molar-refractivity contribution in [2.75, 3.05) is 13.2 Å². The number of sulfonamides is 1. The molecule has 1 N–H and O–H groups in total. The zero-order chi connectivity index (χ0) is 18.7. The van der Waals surface area contributed by atoms with E-state index in [1.807, 2.05) is 32.0 Å². The molecule has 0 bridgehead atoms. The lowest BCUT2D eigenvalue weighted by Gasteiger charge is -2.24. The van der Waals surface area contributed by atoms with E-state index in [-0.39, 0.29) is 16.9 Å². The average Bonchev–Trinajstić information content (AvgIpc) is 2.84. The van der Waals surface area contributed by atoms with Gasteiger partial charge in [0, 0.05) is 16.9 Å². The SMILES string of the molecule is CC(C)[C@H](NS(=O)(=O)c1ccccc1Br)c1ccc2c(c1)OCCCO2. The lowest BCUT2D eigenvalue weighted by Crippen LogP contribution is -2.32. The maximum absolute atomic E-state index is 12.9. The molecule has 26 heavy (non-hydrogen) atoms. The Morgan fingerprint density at radius 1 is 1.04 bits per heavy atom. The summed E-state index contributed by atoms with van der Waals surface area (Å²) in [6.07, 6.45) is 0.826. The van der Waals surface area contributed by atoms with E-state index in [2.05, 4.69) is 20.7 Å². The number of hydrogen-bond acceptors (Lipinski definition) is 4. The Hall–Kier alpha value is -1.57. The fraction of sp³-hybridized carbons (Fsp3) is 0.368. The van der Waals surface area contributed by atoms with Crippen molar-refractivity contribution < 1.29 is 17.9 Å². The Bertz CT molecular complexity index is 883. The molecule has 5 nitrogen and oxygen atoms in total. The second kappa shape index (κ2) is 7.98. The lowest BCUT2D eigenvalue weighted by atomic mass is 9.97. The smallest absolute Gasteiger partial charge is 0.242 e. The largest absolute Gasteiger partial charge is 0.490 e. The molecule has 3 rings (SSSR count). The second-order valence-corrected chi connectivity index (χ2v) is 9.07. The minimum absolute atomic E-state index is 0.0528. The Labute approximate surface area is 162 Å². The molecule has 140 valence electrons. The molecule has 1 atom stereocenters. The maximum atomic E-state index is 12.9. The molecular formula is C19H22BrNO4S. The first kappa shape index (κ1) is 19.2. The predicted molar refractivity (Wildman–Crippen MR) is 104 cm³/mol. The van der Waals surface area contributed by atoms with Crippen molar-refractivity contribution >= 4 is 26.0 Å². The fourth-order valence-corrected chi connectivity index (χ4v) is 5.23. The van der Waals surface area contributed by atoms with Crippen LogP contribution >= 0.6 is 15.9 Å². The van der Waals surface area contributed by atoms with Crippen molar-refractivity contribution in [3.05, 3.63) is 52.5 Å². The molecule has 0 spiro atoms. The molecular weight excluding hydrogens is 418 g/mol. The molecule has 0 saturated carbocycles. The van der Waals surface area contributed by atoms with Crippen LogP contribution < -0.4 is 14.2 Å². The minimum atomic E-state index is -3.68. The van der Waals surface area contributed by atoms with E-state index < -0.39 is 10.0 Å². The zero-order valence-electron chi connectivity index (χ0n) is 14.7. The van der Waals surface area contributed by atoms with Crippen molar-refractivity contribution in [2.24, 2.45) is 5.92 Å². The number of nitrogens with one attached hydrogen (secondary N) is 1. The topological polar surface area (TPSA) is 64.6 Å². The molecule has 0 fully saturated rings. The molecule has 1 heterocycles. The number of fused-ring (bicyclic) bond motifs is 1. The predicted octanol–water partition coefficient (Wildman–Crippen LogP) is 4.29. The van der Waals surface area contributed by atoms with Gasteiger partial charge in [-0.3, -0.25) is 0 Å². The Kier molecular flexibility index (Phi) is 5.89. The summed E-state index contributed by atoms with van der Waals surface area (Å²) in [5.74, 6) is 1.41. The van der Waals surface area contributed by atoms with Gasteiger partial charge in [0.2, 0.25) is 10.0 Å². The number of benzene rings is 2. The summed E-state index contributed by atoms with van der Waals surface area (Å²) in [7, 11) is -3.68. The Morgan fingerprint density at radius 3 is 2.42 bits per heavy atom. The van der Waals surface area contributed by atoms with E-state index in [1.54, 1.807) is 24.3 Å². The van der Waals surface area contributed by atoms with E-state index in [9.17, 15) is 8.42 Å². The third-order valence-electron chi connectivity index (χ3n) is 4.21. The van der Waals surface area contributed by atoms with Crippen LogP contribution in [-0.2, 0) is 10.0 Å². The highest BCUT2D eigenvalue weighted by molar-refractivity contribution is 9.10. The summed E-state index contributed by atoms with van der Waals surface area (Å²) in [6.45, 7) is 5.17. The highest BCUT2D eigenvalue weighted by Gasteiger charge is 2.26. The number of rotatable bonds is 5. The van der Waals surface area contributed by atoms with E-state index in [1.165, 1.54) is 0 Å². The van der Waals surface area contributed by atoms with Crippen LogP contribution in [0.5, 0.6) is 11.5 Å². The number of ether oxygens (including phenoxy) is 2. The van der Waals surface area contributed by atoms with Gasteiger partial charge in [-0.25, -0.2) is 13.1 Å². The molecule has 0 saturated heterocycles. The summed E-state index contributed by atoms with van der Waals surface area (Å²) in [6, 6.07) is 12.0. The molecule has 0 amide bonds. The van der Waals surface area contributed by atoms with Crippen LogP contribution in [-0.4, -0.2) is 21.6 Å². The zero-order valence-corrected chi connectivity index (χ0v) is 17.1. The van der Waals surface area contributed by atoms with Crippen molar-refractivity contribution in [3.63, 3.8) is 0 Å². The molecule has 0 aliphatic carbocycles. The van der Waals surface area contributed by atoms with Gasteiger partial charge in [-0.05, 0) is 51.7 Å². The van der Waals surface area contributed by atoms with Crippen molar-refractivity contribution in [2.45, 2.75) is 31.2 Å². The molecule has 1 aliphatic rings. The normalized spacial score (nSPS) is 15.5. The maximum Gasteiger partial charge on any atom is 0.242 e. The fourth-order valence-electron chi connectivity index (χ4n) is 2.86. The second-order valence-electron chi connectivity index (χ2n) is 6.53. The van der Waals surface area contributed by atoms with E-state index in [0.717, 1.165) is 12.0 Å². The van der Waals surface area contributed by atoms with Gasteiger partial charge in [0.05, 0.1) is 18.1 Å². The highest BCUT2D eigenvalue weighted by Crippen LogP contribution is 2.35. The number of halogens is 1. The van der Waals surface area contributed by atoms with Gasteiger partial charge >= 0.3 is 0 Å². The van der Waals surface area contributed by atoms with Crippen LogP contribution in [0.25, 0.3) is 0 Å². The molecule has 0 aromatic heterocycles. The summed E-state index contributed by atoms with van der Waals surface area (Å²) in [5, 5.41) is 0. The van der Waals surface area contributed by atoms with Crippen LogP contribution in [0, 0.1) is 5.92 Å². The van der Waals surface area contributed by atoms with E-state index in [4.69, 9.17) is 9.47 Å². The first-order chi connectivity index (χ1) is 12.4. The summed E-state index contributed by atoms with van der Waals surface area (Å²) >= 11 is 3.32. The van der Waals surface area contributed by atoms with E-state index >= 15 is 0 Å². The lowest BCUT2D eigenvalue weighted by molar-refractivity contribution is 0.297. The molecule has 2 aromatic rings. The third kappa shape index (κ3) is 4.22. The van der Waals surface area contributed by atoms with Gasteiger partial charge in [-0.15, -0.1) is 0 Å². The number of hydrogen-bond donors (Lipinski definition) is 1. The van der Waals surface area contributed by atoms with Crippen LogP contribution in [0.4, 0.5) is 0 Å². The highest BCUT2D eigenvalue weighted by atomic mass is 79.9. The van der Waals surface area contributed by atoms with E-state index in [0.29, 0.717) is 29.2 Å².